The summed E-state index contributed by atoms with van der Waals surface area (Å²) in [5, 5.41) is 0.859. The fourth-order valence-electron chi connectivity index (χ4n) is 3.40. The number of fused-ring (bicyclic) bond motifs is 1. The maximum atomic E-state index is 12.7. The van der Waals surface area contributed by atoms with E-state index in [1.54, 1.807) is 46.4 Å². The normalized spacial score (nSPS) is 14.2. The SMILES string of the molecule is COc1cccc(C(=O)N2CCN(C(=O)COCc3nc4ccccc4s3)CC2)c1. The van der Waals surface area contributed by atoms with Crippen molar-refractivity contribution in [1.29, 1.82) is 0 Å². The van der Waals surface area contributed by atoms with Crippen molar-refractivity contribution in [2.45, 2.75) is 6.61 Å². The van der Waals surface area contributed by atoms with Gasteiger partial charge in [0.05, 0.1) is 23.9 Å². The van der Waals surface area contributed by atoms with E-state index in [9.17, 15) is 9.59 Å². The Morgan fingerprint density at radius 1 is 1.03 bits per heavy atom. The zero-order chi connectivity index (χ0) is 20.9. The minimum absolute atomic E-state index is 0.0136. The number of benzene rings is 2. The van der Waals surface area contributed by atoms with Gasteiger partial charge in [-0.3, -0.25) is 9.59 Å². The van der Waals surface area contributed by atoms with Crippen LogP contribution in [0.5, 0.6) is 5.75 Å². The molecule has 0 N–H and O–H groups in total. The zero-order valence-electron chi connectivity index (χ0n) is 16.7. The molecule has 1 aliphatic rings. The van der Waals surface area contributed by atoms with Crippen LogP contribution in [-0.2, 0) is 16.1 Å². The van der Waals surface area contributed by atoms with Crippen LogP contribution in [0.1, 0.15) is 15.4 Å². The van der Waals surface area contributed by atoms with E-state index < -0.39 is 0 Å². The van der Waals surface area contributed by atoms with Crippen molar-refractivity contribution in [2.24, 2.45) is 0 Å². The fourth-order valence-corrected chi connectivity index (χ4v) is 4.30. The van der Waals surface area contributed by atoms with E-state index in [-0.39, 0.29) is 18.4 Å². The van der Waals surface area contributed by atoms with Crippen LogP contribution in [0.4, 0.5) is 0 Å². The minimum atomic E-state index is -0.0652. The number of ether oxygens (including phenoxy) is 2. The summed E-state index contributed by atoms with van der Waals surface area (Å²) in [6.07, 6.45) is 0. The van der Waals surface area contributed by atoms with Crippen molar-refractivity contribution in [3.05, 3.63) is 59.1 Å². The van der Waals surface area contributed by atoms with Gasteiger partial charge in [-0.2, -0.15) is 0 Å². The number of piperazine rings is 1. The summed E-state index contributed by atoms with van der Waals surface area (Å²) < 4.78 is 11.9. The van der Waals surface area contributed by atoms with Crippen molar-refractivity contribution in [3.63, 3.8) is 0 Å². The summed E-state index contributed by atoms with van der Waals surface area (Å²) in [7, 11) is 1.58. The summed E-state index contributed by atoms with van der Waals surface area (Å²) in [4.78, 5) is 33.2. The fraction of sp³-hybridized carbons (Fsp3) is 0.318. The number of hydrogen-bond donors (Lipinski definition) is 0. The van der Waals surface area contributed by atoms with Gasteiger partial charge in [-0.15, -0.1) is 11.3 Å². The van der Waals surface area contributed by atoms with Crippen LogP contribution in [0.2, 0.25) is 0 Å². The maximum absolute atomic E-state index is 12.7. The van der Waals surface area contributed by atoms with Crippen LogP contribution in [0, 0.1) is 0 Å². The van der Waals surface area contributed by atoms with E-state index >= 15 is 0 Å². The first kappa shape index (κ1) is 20.3. The molecule has 0 radical (unpaired) electrons. The highest BCUT2D eigenvalue weighted by Gasteiger charge is 2.25. The Morgan fingerprint density at radius 3 is 2.57 bits per heavy atom. The van der Waals surface area contributed by atoms with Crippen LogP contribution in [0.15, 0.2) is 48.5 Å². The molecule has 4 rings (SSSR count). The third-order valence-corrected chi connectivity index (χ3v) is 6.04. The molecule has 0 bridgehead atoms. The van der Waals surface area contributed by atoms with E-state index in [1.807, 2.05) is 30.3 Å². The molecule has 30 heavy (non-hydrogen) atoms. The van der Waals surface area contributed by atoms with Crippen LogP contribution in [0.3, 0.4) is 0 Å². The molecule has 2 heterocycles. The molecular weight excluding hydrogens is 402 g/mol. The second kappa shape index (κ2) is 9.23. The van der Waals surface area contributed by atoms with Crippen molar-refractivity contribution in [2.75, 3.05) is 39.9 Å². The van der Waals surface area contributed by atoms with Crippen LogP contribution < -0.4 is 4.74 Å². The van der Waals surface area contributed by atoms with E-state index in [2.05, 4.69) is 4.98 Å². The first-order chi connectivity index (χ1) is 14.6. The lowest BCUT2D eigenvalue weighted by atomic mass is 10.1. The quantitative estimate of drug-likeness (QED) is 0.607. The Kier molecular flexibility index (Phi) is 6.25. The molecule has 0 spiro atoms. The lowest BCUT2D eigenvalue weighted by molar-refractivity contribution is -0.138. The molecule has 0 aliphatic carbocycles. The molecule has 3 aromatic rings. The van der Waals surface area contributed by atoms with Gasteiger partial charge in [0.25, 0.3) is 5.91 Å². The van der Waals surface area contributed by atoms with Gasteiger partial charge in [0.2, 0.25) is 5.91 Å². The smallest absolute Gasteiger partial charge is 0.254 e. The summed E-state index contributed by atoms with van der Waals surface area (Å²) in [5.74, 6) is 0.539. The molecule has 0 unspecified atom stereocenters. The number of aromatic nitrogens is 1. The summed E-state index contributed by atoms with van der Waals surface area (Å²) in [5.41, 5.74) is 1.54. The van der Waals surface area contributed by atoms with Crippen molar-refractivity contribution in [1.82, 2.24) is 14.8 Å². The molecule has 8 heteroatoms. The first-order valence-electron chi connectivity index (χ1n) is 9.77. The average molecular weight is 426 g/mol. The number of carbonyl (C=O) groups excluding carboxylic acids is 2. The third-order valence-electron chi connectivity index (χ3n) is 5.03. The topological polar surface area (TPSA) is 72.0 Å². The van der Waals surface area contributed by atoms with Crippen LogP contribution in [0.25, 0.3) is 10.2 Å². The largest absolute Gasteiger partial charge is 0.497 e. The zero-order valence-corrected chi connectivity index (χ0v) is 17.6. The molecule has 1 saturated heterocycles. The van der Waals surface area contributed by atoms with Gasteiger partial charge < -0.3 is 19.3 Å². The average Bonchev–Trinajstić information content (AvgIpc) is 3.21. The highest BCUT2D eigenvalue weighted by atomic mass is 32.1. The van der Waals surface area contributed by atoms with Gasteiger partial charge in [-0.05, 0) is 30.3 Å². The molecule has 0 atom stereocenters. The highest BCUT2D eigenvalue weighted by molar-refractivity contribution is 7.18. The molecule has 2 amide bonds. The van der Waals surface area contributed by atoms with Gasteiger partial charge in [0.15, 0.2) is 0 Å². The van der Waals surface area contributed by atoms with E-state index in [0.29, 0.717) is 44.1 Å². The number of carbonyl (C=O) groups is 2. The lowest BCUT2D eigenvalue weighted by Gasteiger charge is -2.34. The minimum Gasteiger partial charge on any atom is -0.497 e. The number of nitrogens with zero attached hydrogens (tertiary/aromatic N) is 3. The Balaban J connectivity index is 1.24. The lowest BCUT2D eigenvalue weighted by Crippen LogP contribution is -2.51. The molecule has 7 nitrogen and oxygen atoms in total. The highest BCUT2D eigenvalue weighted by Crippen LogP contribution is 2.22. The van der Waals surface area contributed by atoms with Crippen LogP contribution in [-0.4, -0.2) is 66.5 Å². The molecular formula is C22H23N3O4S. The Labute approximate surface area is 178 Å². The first-order valence-corrected chi connectivity index (χ1v) is 10.6. The van der Waals surface area contributed by atoms with Gasteiger partial charge >= 0.3 is 0 Å². The van der Waals surface area contributed by atoms with E-state index in [4.69, 9.17) is 9.47 Å². The number of amides is 2. The second-order valence-corrected chi connectivity index (χ2v) is 8.09. The predicted octanol–water partition coefficient (Wildman–Crippen LogP) is 2.81. The molecule has 1 aromatic heterocycles. The number of para-hydroxylation sites is 1. The molecule has 0 saturated carbocycles. The van der Waals surface area contributed by atoms with Gasteiger partial charge in [-0.25, -0.2) is 4.98 Å². The molecule has 1 aliphatic heterocycles. The van der Waals surface area contributed by atoms with Crippen molar-refractivity contribution < 1.29 is 19.1 Å². The van der Waals surface area contributed by atoms with Gasteiger partial charge in [0, 0.05) is 31.7 Å². The molecule has 2 aromatic carbocycles. The van der Waals surface area contributed by atoms with Gasteiger partial charge in [0.1, 0.15) is 17.4 Å². The summed E-state index contributed by atoms with van der Waals surface area (Å²) in [6, 6.07) is 15.0. The third kappa shape index (κ3) is 4.60. The number of thiazole rings is 1. The Bertz CT molecular complexity index is 1010. The maximum Gasteiger partial charge on any atom is 0.254 e. The summed E-state index contributed by atoms with van der Waals surface area (Å²) >= 11 is 1.57. The number of hydrogen-bond acceptors (Lipinski definition) is 6. The predicted molar refractivity (Wildman–Crippen MR) is 115 cm³/mol. The Morgan fingerprint density at radius 2 is 1.80 bits per heavy atom. The monoisotopic (exact) mass is 425 g/mol. The standard InChI is InChI=1S/C22H23N3O4S/c1-28-17-6-4-5-16(13-17)22(27)25-11-9-24(10-12-25)21(26)15-29-14-20-23-18-7-2-3-8-19(18)30-20/h2-8,13H,9-12,14-15H2,1H3. The van der Waals surface area contributed by atoms with Crippen molar-refractivity contribution >= 4 is 33.4 Å². The van der Waals surface area contributed by atoms with E-state index in [1.165, 1.54) is 0 Å². The van der Waals surface area contributed by atoms with Crippen LogP contribution >= 0.6 is 11.3 Å². The number of rotatable bonds is 6. The molecule has 1 fully saturated rings. The Hall–Kier alpha value is -2.97. The van der Waals surface area contributed by atoms with Crippen molar-refractivity contribution in [3.8, 4) is 5.75 Å². The second-order valence-electron chi connectivity index (χ2n) is 6.97. The molecule has 156 valence electrons. The van der Waals surface area contributed by atoms with Gasteiger partial charge in [-0.1, -0.05) is 18.2 Å². The van der Waals surface area contributed by atoms with E-state index in [0.717, 1.165) is 15.2 Å². The summed E-state index contributed by atoms with van der Waals surface area (Å²) in [6.45, 7) is 2.33. The number of methoxy groups -OCH3 is 1.